The number of ether oxygens (including phenoxy) is 3. The first-order chi connectivity index (χ1) is 17.9. The first-order valence-corrected chi connectivity index (χ1v) is 12.6. The number of methoxy groups -OCH3 is 2. The molecule has 1 fully saturated rings. The van der Waals surface area contributed by atoms with Gasteiger partial charge in [-0.15, -0.1) is 0 Å². The second kappa shape index (κ2) is 10.3. The maximum Gasteiger partial charge on any atom is 0.309 e. The lowest BCUT2D eigenvalue weighted by molar-refractivity contribution is -0.145. The molecule has 1 aliphatic heterocycles. The third-order valence-electron chi connectivity index (χ3n) is 7.57. The zero-order valence-corrected chi connectivity index (χ0v) is 21.2. The molecular formula is C30H30FNO5. The molecule has 1 aliphatic carbocycles. The lowest BCUT2D eigenvalue weighted by Gasteiger charge is -2.29. The van der Waals surface area contributed by atoms with Gasteiger partial charge >= 0.3 is 5.97 Å². The van der Waals surface area contributed by atoms with E-state index >= 15 is 0 Å². The predicted octanol–water partition coefficient (Wildman–Crippen LogP) is 6.08. The number of esters is 1. The van der Waals surface area contributed by atoms with Gasteiger partial charge in [-0.1, -0.05) is 31.2 Å². The molecule has 0 saturated heterocycles. The van der Waals surface area contributed by atoms with Crippen LogP contribution < -0.4 is 9.47 Å². The first kappa shape index (κ1) is 24.9. The van der Waals surface area contributed by atoms with Gasteiger partial charge in [0.1, 0.15) is 17.7 Å². The maximum atomic E-state index is 14.5. The van der Waals surface area contributed by atoms with Crippen LogP contribution in [0.1, 0.15) is 65.3 Å². The van der Waals surface area contributed by atoms with Crippen LogP contribution in [0.4, 0.5) is 4.39 Å². The molecule has 37 heavy (non-hydrogen) atoms. The van der Waals surface area contributed by atoms with E-state index < -0.39 is 5.82 Å². The van der Waals surface area contributed by atoms with Gasteiger partial charge < -0.3 is 14.2 Å². The summed E-state index contributed by atoms with van der Waals surface area (Å²) in [6.45, 7) is 1.93. The molecule has 0 radical (unpaired) electrons. The Morgan fingerprint density at radius 2 is 1.92 bits per heavy atom. The van der Waals surface area contributed by atoms with Crippen LogP contribution in [0.3, 0.4) is 0 Å². The lowest BCUT2D eigenvalue weighted by atomic mass is 9.82. The smallest absolute Gasteiger partial charge is 0.309 e. The van der Waals surface area contributed by atoms with E-state index in [1.165, 1.54) is 20.3 Å². The average Bonchev–Trinajstić information content (AvgIpc) is 3.77. The van der Waals surface area contributed by atoms with Crippen molar-refractivity contribution in [3.63, 3.8) is 0 Å². The zero-order chi connectivity index (χ0) is 26.1. The van der Waals surface area contributed by atoms with E-state index in [2.05, 4.69) is 23.2 Å². The molecule has 3 aromatic rings. The topological polar surface area (TPSA) is 74.7 Å². The average molecular weight is 504 g/mol. The SMILES string of the molecule is COC(=O)[C@@H](C)C(c1ccc2c(c1)OC(c1ccc(-c3cc(OC)ncc3F)c(C=O)c1)CC2)C1CC1. The first-order valence-electron chi connectivity index (χ1n) is 12.6. The van der Waals surface area contributed by atoms with Gasteiger partial charge in [0.15, 0.2) is 6.29 Å². The minimum absolute atomic E-state index is 0.0925. The van der Waals surface area contributed by atoms with Gasteiger partial charge in [-0.05, 0) is 71.9 Å². The summed E-state index contributed by atoms with van der Waals surface area (Å²) in [6, 6.07) is 13.1. The number of carbonyl (C=O) groups excluding carboxylic acids is 2. The van der Waals surface area contributed by atoms with E-state index in [0.717, 1.165) is 60.6 Å². The van der Waals surface area contributed by atoms with E-state index in [0.29, 0.717) is 17.0 Å². The fourth-order valence-electron chi connectivity index (χ4n) is 5.45. The van der Waals surface area contributed by atoms with Crippen molar-refractivity contribution in [2.75, 3.05) is 14.2 Å². The molecule has 192 valence electrons. The fraction of sp³-hybridized carbons (Fsp3) is 0.367. The summed E-state index contributed by atoms with van der Waals surface area (Å²) in [7, 11) is 2.89. The van der Waals surface area contributed by atoms with Gasteiger partial charge in [-0.25, -0.2) is 9.37 Å². The molecule has 6 nitrogen and oxygen atoms in total. The quantitative estimate of drug-likeness (QED) is 0.274. The highest BCUT2D eigenvalue weighted by Gasteiger charge is 2.39. The highest BCUT2D eigenvalue weighted by Crippen LogP contribution is 2.48. The number of nitrogens with zero attached hydrogens (tertiary/aromatic N) is 1. The summed E-state index contributed by atoms with van der Waals surface area (Å²) >= 11 is 0. The Morgan fingerprint density at radius 1 is 1.11 bits per heavy atom. The number of rotatable bonds is 8. The summed E-state index contributed by atoms with van der Waals surface area (Å²) in [5, 5.41) is 0. The van der Waals surface area contributed by atoms with Crippen molar-refractivity contribution < 1.29 is 28.2 Å². The van der Waals surface area contributed by atoms with Crippen molar-refractivity contribution in [3.05, 3.63) is 76.7 Å². The molecule has 0 bridgehead atoms. The Hall–Kier alpha value is -3.74. The second-order valence-electron chi connectivity index (χ2n) is 9.86. The molecule has 1 saturated carbocycles. The summed E-state index contributed by atoms with van der Waals surface area (Å²) in [5.74, 6) is 0.683. The molecule has 0 N–H and O–H groups in total. The maximum absolute atomic E-state index is 14.5. The van der Waals surface area contributed by atoms with Crippen molar-refractivity contribution in [2.45, 2.75) is 44.6 Å². The summed E-state index contributed by atoms with van der Waals surface area (Å²) in [5.41, 5.74) is 4.16. The Morgan fingerprint density at radius 3 is 2.62 bits per heavy atom. The van der Waals surface area contributed by atoms with Gasteiger partial charge in [0, 0.05) is 17.2 Å². The number of aldehydes is 1. The van der Waals surface area contributed by atoms with Crippen molar-refractivity contribution >= 4 is 12.3 Å². The highest BCUT2D eigenvalue weighted by atomic mass is 19.1. The minimum atomic E-state index is -0.529. The molecule has 2 aliphatic rings. The molecule has 2 unspecified atom stereocenters. The largest absolute Gasteiger partial charge is 0.485 e. The zero-order valence-electron chi connectivity index (χ0n) is 21.2. The number of fused-ring (bicyclic) bond motifs is 1. The molecule has 2 aromatic carbocycles. The van der Waals surface area contributed by atoms with E-state index in [1.807, 2.05) is 13.0 Å². The number of carbonyl (C=O) groups is 2. The van der Waals surface area contributed by atoms with E-state index in [-0.39, 0.29) is 35.4 Å². The van der Waals surface area contributed by atoms with Crippen molar-refractivity contribution in [1.29, 1.82) is 0 Å². The third kappa shape index (κ3) is 4.95. The van der Waals surface area contributed by atoms with Crippen LogP contribution in [0.5, 0.6) is 11.6 Å². The highest BCUT2D eigenvalue weighted by molar-refractivity contribution is 5.88. The molecule has 5 rings (SSSR count). The van der Waals surface area contributed by atoms with Crippen LogP contribution in [-0.4, -0.2) is 31.5 Å². The van der Waals surface area contributed by atoms with Crippen molar-refractivity contribution in [1.82, 2.24) is 4.98 Å². The monoisotopic (exact) mass is 503 g/mol. The van der Waals surface area contributed by atoms with Crippen LogP contribution >= 0.6 is 0 Å². The number of hydrogen-bond acceptors (Lipinski definition) is 6. The molecule has 2 heterocycles. The van der Waals surface area contributed by atoms with Gasteiger partial charge in [0.2, 0.25) is 5.88 Å². The number of pyridine rings is 1. The molecule has 7 heteroatoms. The van der Waals surface area contributed by atoms with Gasteiger partial charge in [-0.3, -0.25) is 9.59 Å². The van der Waals surface area contributed by atoms with Crippen LogP contribution in [-0.2, 0) is 16.0 Å². The van der Waals surface area contributed by atoms with Crippen molar-refractivity contribution in [2.24, 2.45) is 11.8 Å². The number of aromatic nitrogens is 1. The van der Waals surface area contributed by atoms with E-state index in [4.69, 9.17) is 14.2 Å². The molecule has 0 amide bonds. The minimum Gasteiger partial charge on any atom is -0.485 e. The third-order valence-corrected chi connectivity index (χ3v) is 7.57. The van der Waals surface area contributed by atoms with Crippen LogP contribution in [0.15, 0.2) is 48.7 Å². The summed E-state index contributed by atoms with van der Waals surface area (Å²) < 4.78 is 31.1. The summed E-state index contributed by atoms with van der Waals surface area (Å²) in [6.07, 6.45) is 5.38. The van der Waals surface area contributed by atoms with Gasteiger partial charge in [-0.2, -0.15) is 0 Å². The second-order valence-corrected chi connectivity index (χ2v) is 9.86. The number of benzene rings is 2. The Kier molecular flexibility index (Phi) is 6.96. The Balaban J connectivity index is 1.43. The van der Waals surface area contributed by atoms with Crippen LogP contribution in [0.2, 0.25) is 0 Å². The van der Waals surface area contributed by atoms with Crippen LogP contribution in [0, 0.1) is 17.7 Å². The molecule has 0 spiro atoms. The van der Waals surface area contributed by atoms with Gasteiger partial charge in [0.25, 0.3) is 0 Å². The number of halogens is 1. The Labute approximate surface area is 215 Å². The van der Waals surface area contributed by atoms with Crippen molar-refractivity contribution in [3.8, 4) is 22.8 Å². The van der Waals surface area contributed by atoms with Gasteiger partial charge in [0.05, 0.1) is 26.3 Å². The van der Waals surface area contributed by atoms with E-state index in [1.54, 1.807) is 12.1 Å². The lowest BCUT2D eigenvalue weighted by Crippen LogP contribution is -2.23. The van der Waals surface area contributed by atoms with E-state index in [9.17, 15) is 14.0 Å². The molecule has 3 atom stereocenters. The number of hydrogen-bond donors (Lipinski definition) is 0. The summed E-state index contributed by atoms with van der Waals surface area (Å²) in [4.78, 5) is 28.2. The normalized spacial score (nSPS) is 18.2. The Bertz CT molecular complexity index is 1340. The van der Waals surface area contributed by atoms with Crippen LogP contribution in [0.25, 0.3) is 11.1 Å². The predicted molar refractivity (Wildman–Crippen MR) is 136 cm³/mol. The molecular weight excluding hydrogens is 473 g/mol. The molecule has 1 aromatic heterocycles. The fourth-order valence-corrected chi connectivity index (χ4v) is 5.45. The number of aryl methyl sites for hydroxylation is 1. The standard InChI is InChI=1S/C30H30FNO5/c1-17(30(34)36-3)29(19-5-6-19)21-7-4-18-9-11-26(37-27(18)13-21)20-8-10-23(22(12-20)16-33)24-14-28(35-2)32-15-25(24)31/h4,7-8,10,12-17,19,26,29H,5-6,9,11H2,1-3H3/t17-,26?,29?/m0/s1.